The van der Waals surface area contributed by atoms with E-state index in [1.54, 1.807) is 0 Å². The van der Waals surface area contributed by atoms with Crippen LogP contribution in [0, 0.1) is 17.3 Å². The van der Waals surface area contributed by atoms with Gasteiger partial charge in [0.2, 0.25) is 10.6 Å². The van der Waals surface area contributed by atoms with E-state index in [0.29, 0.717) is 28.9 Å². The number of hydrogen-bond donors (Lipinski definition) is 1. The molecule has 1 N–H and O–H groups in total. The van der Waals surface area contributed by atoms with Gasteiger partial charge in [-0.3, -0.25) is 9.48 Å². The number of nitrogens with zero attached hydrogens (tertiary/aromatic N) is 5. The molecule has 4 aliphatic carbocycles. The number of carbonyl (C=O) groups is 1. The molecule has 8 rings (SSSR count). The fourth-order valence-corrected chi connectivity index (χ4v) is 7.85. The number of benzene rings is 2. The molecular weight excluding hydrogens is 504 g/mol. The Morgan fingerprint density at radius 2 is 1.83 bits per heavy atom. The maximum absolute atomic E-state index is 13.8. The molecule has 4 aliphatic rings. The highest BCUT2D eigenvalue weighted by Crippen LogP contribution is 2.64. The van der Waals surface area contributed by atoms with Gasteiger partial charge in [0.1, 0.15) is 6.33 Å². The van der Waals surface area contributed by atoms with E-state index in [1.165, 1.54) is 22.8 Å². The van der Waals surface area contributed by atoms with Gasteiger partial charge in [-0.1, -0.05) is 42.5 Å². The first kappa shape index (κ1) is 21.3. The van der Waals surface area contributed by atoms with Crippen LogP contribution in [0.15, 0.2) is 65.8 Å². The zero-order valence-electron chi connectivity index (χ0n) is 19.4. The molecule has 4 bridgehead atoms. The molecule has 0 aliphatic heterocycles. The van der Waals surface area contributed by atoms with Crippen molar-refractivity contribution in [2.75, 3.05) is 5.32 Å². The third-order valence-electron chi connectivity index (χ3n) is 8.56. The summed E-state index contributed by atoms with van der Waals surface area (Å²) in [6, 6.07) is 16.7. The quantitative estimate of drug-likeness (QED) is 0.376. The molecule has 178 valence electrons. The molecule has 2 unspecified atom stereocenters. The zero-order chi connectivity index (χ0) is 23.6. The molecule has 4 fully saturated rings. The van der Waals surface area contributed by atoms with Crippen molar-refractivity contribution in [2.24, 2.45) is 17.3 Å². The summed E-state index contributed by atoms with van der Waals surface area (Å²) in [6.07, 6.45) is 9.94. The molecule has 2 heterocycles. The summed E-state index contributed by atoms with van der Waals surface area (Å²) in [5.74, 6) is 1.87. The summed E-state index contributed by atoms with van der Waals surface area (Å²) in [7, 11) is 0. The molecule has 4 aromatic rings. The van der Waals surface area contributed by atoms with E-state index in [1.807, 2.05) is 28.0 Å². The molecule has 1 amide bonds. The summed E-state index contributed by atoms with van der Waals surface area (Å²) >= 11 is 3.40. The maximum Gasteiger partial charge on any atom is 0.231 e. The van der Waals surface area contributed by atoms with Crippen LogP contribution in [0.2, 0.25) is 0 Å². The molecule has 0 spiro atoms. The first-order valence-electron chi connectivity index (χ1n) is 12.4. The minimum Gasteiger partial charge on any atom is -0.309 e. The second-order valence-electron chi connectivity index (χ2n) is 10.9. The predicted molar refractivity (Wildman–Crippen MR) is 137 cm³/mol. The molecule has 4 saturated carbocycles. The van der Waals surface area contributed by atoms with E-state index >= 15 is 0 Å². The lowest BCUT2D eigenvalue weighted by Gasteiger charge is -2.60. The van der Waals surface area contributed by atoms with Gasteiger partial charge in [-0.2, -0.15) is 5.10 Å². The van der Waals surface area contributed by atoms with Crippen LogP contribution in [0.25, 0.3) is 10.8 Å². The zero-order valence-corrected chi connectivity index (χ0v) is 21.0. The van der Waals surface area contributed by atoms with Gasteiger partial charge in [0.25, 0.3) is 0 Å². The summed E-state index contributed by atoms with van der Waals surface area (Å²) in [4.78, 5) is 18.1. The van der Waals surface area contributed by atoms with E-state index < -0.39 is 0 Å². The van der Waals surface area contributed by atoms with Gasteiger partial charge in [0, 0.05) is 12.3 Å². The number of aromatic nitrogens is 5. The standard InChI is InChI=1S/C27H27BrN6O/c28-25-29-17-34(32-25)27-13-18-10-19(14-27)12-26(11-18,16-27)24(35)30-23-8-9-33(31-23)15-21-6-3-5-20-4-1-2-7-22(20)21/h1-9,17-19H,10-16H2,(H,30,31,35). The number of nitrogens with one attached hydrogen (secondary N) is 1. The highest BCUT2D eigenvalue weighted by molar-refractivity contribution is 9.10. The number of amides is 1. The monoisotopic (exact) mass is 530 g/mol. The Morgan fingerprint density at radius 1 is 1.03 bits per heavy atom. The lowest BCUT2D eigenvalue weighted by atomic mass is 9.46. The Hall–Kier alpha value is -3.00. The van der Waals surface area contributed by atoms with Crippen LogP contribution in [-0.4, -0.2) is 30.5 Å². The summed E-state index contributed by atoms with van der Waals surface area (Å²) in [5, 5.41) is 15.0. The van der Waals surface area contributed by atoms with E-state index in [2.05, 4.69) is 73.8 Å². The Balaban J connectivity index is 1.12. The molecule has 8 heteroatoms. The molecule has 2 atom stereocenters. The smallest absolute Gasteiger partial charge is 0.231 e. The van der Waals surface area contributed by atoms with Gasteiger partial charge in [0.15, 0.2) is 5.82 Å². The topological polar surface area (TPSA) is 77.6 Å². The van der Waals surface area contributed by atoms with Crippen LogP contribution in [0.1, 0.15) is 44.1 Å². The number of hydrogen-bond acceptors (Lipinski definition) is 4. The number of carbonyl (C=O) groups excluding carboxylic acids is 1. The van der Waals surface area contributed by atoms with Gasteiger partial charge >= 0.3 is 0 Å². The van der Waals surface area contributed by atoms with Crippen LogP contribution < -0.4 is 5.32 Å². The van der Waals surface area contributed by atoms with Crippen molar-refractivity contribution in [3.8, 4) is 0 Å². The first-order valence-corrected chi connectivity index (χ1v) is 13.2. The summed E-state index contributed by atoms with van der Waals surface area (Å²) in [6.45, 7) is 0.663. The number of halogens is 1. The van der Waals surface area contributed by atoms with Gasteiger partial charge in [-0.05, 0) is 82.6 Å². The minimum absolute atomic E-state index is 0.103. The van der Waals surface area contributed by atoms with Crippen LogP contribution in [0.3, 0.4) is 0 Å². The van der Waals surface area contributed by atoms with Crippen molar-refractivity contribution in [3.63, 3.8) is 0 Å². The van der Waals surface area contributed by atoms with Crippen molar-refractivity contribution in [3.05, 3.63) is 71.4 Å². The van der Waals surface area contributed by atoms with Crippen molar-refractivity contribution >= 4 is 38.4 Å². The third-order valence-corrected chi connectivity index (χ3v) is 8.92. The van der Waals surface area contributed by atoms with Crippen LogP contribution >= 0.6 is 15.9 Å². The Bertz CT molecular complexity index is 1420. The van der Waals surface area contributed by atoms with Crippen LogP contribution in [0.5, 0.6) is 0 Å². The second-order valence-corrected chi connectivity index (χ2v) is 11.6. The average molecular weight is 531 g/mol. The Morgan fingerprint density at radius 3 is 2.63 bits per heavy atom. The first-order chi connectivity index (χ1) is 17.0. The molecule has 35 heavy (non-hydrogen) atoms. The highest BCUT2D eigenvalue weighted by Gasteiger charge is 2.61. The van der Waals surface area contributed by atoms with Crippen molar-refractivity contribution < 1.29 is 4.79 Å². The van der Waals surface area contributed by atoms with E-state index in [9.17, 15) is 4.79 Å². The summed E-state index contributed by atoms with van der Waals surface area (Å²) in [5.41, 5.74) is 0.752. The van der Waals surface area contributed by atoms with E-state index in [0.717, 1.165) is 32.1 Å². The SMILES string of the molecule is O=C(Nc1ccn(Cc2cccc3ccccc23)n1)C12CC3CC(C1)CC(n1cnc(Br)n1)(C3)C2. The molecule has 7 nitrogen and oxygen atoms in total. The van der Waals surface area contributed by atoms with Gasteiger partial charge < -0.3 is 5.32 Å². The minimum atomic E-state index is -0.359. The number of rotatable bonds is 5. The van der Waals surface area contributed by atoms with Gasteiger partial charge in [-0.25, -0.2) is 9.67 Å². The van der Waals surface area contributed by atoms with Crippen LogP contribution in [0.4, 0.5) is 5.82 Å². The number of anilines is 1. The van der Waals surface area contributed by atoms with Gasteiger partial charge in [-0.15, -0.1) is 5.10 Å². The van der Waals surface area contributed by atoms with Crippen molar-refractivity contribution in [2.45, 2.75) is 50.6 Å². The summed E-state index contributed by atoms with van der Waals surface area (Å²) < 4.78 is 4.56. The van der Waals surface area contributed by atoms with Crippen LogP contribution in [-0.2, 0) is 16.9 Å². The predicted octanol–water partition coefficient (Wildman–Crippen LogP) is 5.37. The highest BCUT2D eigenvalue weighted by atomic mass is 79.9. The second kappa shape index (κ2) is 7.75. The molecule has 0 saturated heterocycles. The molecular formula is C27H27BrN6O. The molecule has 2 aromatic carbocycles. The molecule has 2 aromatic heterocycles. The number of fused-ring (bicyclic) bond motifs is 1. The fraction of sp³-hybridized carbons (Fsp3) is 0.407. The maximum atomic E-state index is 13.8. The van der Waals surface area contributed by atoms with Gasteiger partial charge in [0.05, 0.1) is 17.5 Å². The largest absolute Gasteiger partial charge is 0.309 e. The lowest BCUT2D eigenvalue weighted by Crippen LogP contribution is -2.60. The third kappa shape index (κ3) is 3.53. The Kier molecular flexibility index (Phi) is 4.72. The normalized spacial score (nSPS) is 29.1. The molecule has 0 radical (unpaired) electrons. The van der Waals surface area contributed by atoms with Crippen molar-refractivity contribution in [1.82, 2.24) is 24.5 Å². The Labute approximate surface area is 212 Å². The lowest BCUT2D eigenvalue weighted by molar-refractivity contribution is -0.150. The fourth-order valence-electron chi connectivity index (χ4n) is 7.59. The van der Waals surface area contributed by atoms with E-state index in [4.69, 9.17) is 5.10 Å². The van der Waals surface area contributed by atoms with Crippen molar-refractivity contribution in [1.29, 1.82) is 0 Å². The van der Waals surface area contributed by atoms with E-state index in [-0.39, 0.29) is 16.9 Å². The average Bonchev–Trinajstić information content (AvgIpc) is 3.48.